The van der Waals surface area contributed by atoms with Gasteiger partial charge in [-0.1, -0.05) is 17.7 Å². The smallest absolute Gasteiger partial charge is 0.331 e. The summed E-state index contributed by atoms with van der Waals surface area (Å²) in [6.45, 7) is 0.999. The van der Waals surface area contributed by atoms with Crippen molar-refractivity contribution in [2.24, 2.45) is 0 Å². The number of hydrogen-bond donors (Lipinski definition) is 2. The van der Waals surface area contributed by atoms with Gasteiger partial charge < -0.3 is 10.0 Å². The maximum absolute atomic E-state index is 12.7. The molecule has 2 aliphatic heterocycles. The number of pyridine rings is 2. The van der Waals surface area contributed by atoms with Gasteiger partial charge >= 0.3 is 6.03 Å². The van der Waals surface area contributed by atoms with E-state index in [1.807, 2.05) is 11.0 Å². The van der Waals surface area contributed by atoms with E-state index < -0.39 is 11.8 Å². The molecule has 2 aromatic heterocycles. The van der Waals surface area contributed by atoms with Crippen molar-refractivity contribution in [3.05, 3.63) is 41.7 Å². The van der Waals surface area contributed by atoms with Gasteiger partial charge in [0, 0.05) is 19.2 Å². The van der Waals surface area contributed by atoms with Gasteiger partial charge in [-0.3, -0.25) is 5.32 Å². The van der Waals surface area contributed by atoms with Crippen LogP contribution in [0.5, 0.6) is 0 Å². The van der Waals surface area contributed by atoms with Crippen molar-refractivity contribution in [2.75, 3.05) is 28.2 Å². The Balaban J connectivity index is 1.75. The number of carbonyl (C=O) groups excluding carboxylic acids is 1. The van der Waals surface area contributed by atoms with Crippen LogP contribution >= 0.6 is 11.6 Å². The Morgan fingerprint density at radius 3 is 3.00 bits per heavy atom. The summed E-state index contributed by atoms with van der Waals surface area (Å²) in [5.74, 6) is 0.766. The third-order valence-electron chi connectivity index (χ3n) is 4.12. The van der Waals surface area contributed by atoms with Crippen LogP contribution in [0.4, 0.5) is 22.1 Å². The van der Waals surface area contributed by atoms with Gasteiger partial charge in [0.25, 0.3) is 0 Å². The predicted molar refractivity (Wildman–Crippen MR) is 86.8 cm³/mol. The molecule has 118 valence electrons. The summed E-state index contributed by atoms with van der Waals surface area (Å²) in [7, 11) is 0. The number of aliphatic hydroxyl groups is 1. The average Bonchev–Trinajstić information content (AvgIpc) is 2.86. The lowest BCUT2D eigenvalue weighted by Gasteiger charge is -2.41. The molecule has 4 rings (SSSR count). The molecule has 0 unspecified atom stereocenters. The molecule has 2 amide bonds. The van der Waals surface area contributed by atoms with Crippen LogP contribution in [0.1, 0.15) is 6.42 Å². The van der Waals surface area contributed by atoms with Crippen LogP contribution in [0.15, 0.2) is 36.5 Å². The molecule has 1 fully saturated rings. The number of hydrogen-bond acceptors (Lipinski definition) is 5. The van der Waals surface area contributed by atoms with E-state index in [-0.39, 0.29) is 5.15 Å². The first-order chi connectivity index (χ1) is 11.1. The number of nitrogens with zero attached hydrogens (tertiary/aromatic N) is 4. The summed E-state index contributed by atoms with van der Waals surface area (Å²) in [6.07, 6.45) is 2.03. The van der Waals surface area contributed by atoms with E-state index in [1.165, 1.54) is 4.90 Å². The highest BCUT2D eigenvalue weighted by atomic mass is 35.5. The normalized spacial score (nSPS) is 22.0. The third-order valence-corrected chi connectivity index (χ3v) is 4.33. The second kappa shape index (κ2) is 5.07. The number of nitrogens with one attached hydrogen (secondary N) is 1. The summed E-state index contributed by atoms with van der Waals surface area (Å²) in [5, 5.41) is 13.9. The van der Waals surface area contributed by atoms with Crippen LogP contribution in [-0.2, 0) is 0 Å². The zero-order chi connectivity index (χ0) is 16.0. The molecule has 7 nitrogen and oxygen atoms in total. The van der Waals surface area contributed by atoms with Gasteiger partial charge in [0.1, 0.15) is 11.0 Å². The van der Waals surface area contributed by atoms with Crippen molar-refractivity contribution in [1.82, 2.24) is 9.97 Å². The average molecular weight is 332 g/mol. The number of aromatic nitrogens is 2. The Morgan fingerprint density at radius 1 is 1.35 bits per heavy atom. The number of carbonyl (C=O) groups is 1. The lowest BCUT2D eigenvalue weighted by Crippen LogP contribution is -2.58. The van der Waals surface area contributed by atoms with E-state index in [0.29, 0.717) is 31.1 Å². The number of halogens is 1. The SMILES string of the molecule is O=C(Nc1ccccn1)N1c2nc(Cl)ccc2N2CC[C@@]1(O)C2. The summed E-state index contributed by atoms with van der Waals surface area (Å²) in [5.41, 5.74) is -0.517. The fourth-order valence-corrected chi connectivity index (χ4v) is 3.22. The Morgan fingerprint density at radius 2 is 2.22 bits per heavy atom. The van der Waals surface area contributed by atoms with Crippen molar-refractivity contribution in [1.29, 1.82) is 0 Å². The lowest BCUT2D eigenvalue weighted by molar-refractivity contribution is 0.0648. The van der Waals surface area contributed by atoms with E-state index in [0.717, 1.165) is 5.69 Å². The van der Waals surface area contributed by atoms with Crippen molar-refractivity contribution >= 4 is 35.0 Å². The van der Waals surface area contributed by atoms with Gasteiger partial charge in [0.2, 0.25) is 0 Å². The second-order valence-electron chi connectivity index (χ2n) is 5.61. The topological polar surface area (TPSA) is 81.6 Å². The first kappa shape index (κ1) is 14.2. The second-order valence-corrected chi connectivity index (χ2v) is 6.00. The number of fused-ring (bicyclic) bond motifs is 4. The van der Waals surface area contributed by atoms with Gasteiger partial charge in [0.15, 0.2) is 11.5 Å². The van der Waals surface area contributed by atoms with Crippen molar-refractivity contribution < 1.29 is 9.90 Å². The fourth-order valence-electron chi connectivity index (χ4n) is 3.08. The van der Waals surface area contributed by atoms with Crippen LogP contribution in [0.2, 0.25) is 5.15 Å². The molecule has 23 heavy (non-hydrogen) atoms. The molecule has 2 aliphatic rings. The molecule has 0 aromatic carbocycles. The van der Waals surface area contributed by atoms with E-state index in [9.17, 15) is 9.90 Å². The van der Waals surface area contributed by atoms with E-state index >= 15 is 0 Å². The fraction of sp³-hybridized carbons (Fsp3) is 0.267. The van der Waals surface area contributed by atoms with Crippen molar-refractivity contribution in [3.63, 3.8) is 0 Å². The third kappa shape index (κ3) is 2.29. The standard InChI is InChI=1S/C15H14ClN5O2/c16-11-5-4-10-13(18-11)21(15(23)6-8-20(10)9-15)14(22)19-12-3-1-2-7-17-12/h1-5,7,23H,6,8-9H2,(H,17,19,22)/t15-/m1/s1. The molecule has 0 aliphatic carbocycles. The largest absolute Gasteiger partial charge is 0.368 e. The molecule has 0 spiro atoms. The quantitative estimate of drug-likeness (QED) is 0.782. The van der Waals surface area contributed by atoms with Gasteiger partial charge in [-0.25, -0.2) is 19.7 Å². The predicted octanol–water partition coefficient (Wildman–Crippen LogP) is 2.08. The van der Waals surface area contributed by atoms with Crippen molar-refractivity contribution in [3.8, 4) is 0 Å². The number of amides is 2. The highest BCUT2D eigenvalue weighted by Crippen LogP contribution is 2.43. The van der Waals surface area contributed by atoms with Gasteiger partial charge in [0.05, 0.1) is 12.2 Å². The van der Waals surface area contributed by atoms with Crippen molar-refractivity contribution in [2.45, 2.75) is 12.1 Å². The van der Waals surface area contributed by atoms with Crippen LogP contribution in [0.3, 0.4) is 0 Å². The Bertz CT molecular complexity index is 772. The summed E-state index contributed by atoms with van der Waals surface area (Å²) in [6, 6.07) is 8.22. The molecule has 8 heteroatoms. The van der Waals surface area contributed by atoms with Gasteiger partial charge in [-0.15, -0.1) is 0 Å². The minimum atomic E-state index is -1.30. The zero-order valence-corrected chi connectivity index (χ0v) is 12.9. The number of urea groups is 1. The molecule has 4 heterocycles. The maximum Gasteiger partial charge on any atom is 0.331 e. The van der Waals surface area contributed by atoms with Crippen LogP contribution in [0.25, 0.3) is 0 Å². The Kier molecular flexibility index (Phi) is 3.14. The Hall–Kier alpha value is -2.38. The summed E-state index contributed by atoms with van der Waals surface area (Å²) >= 11 is 5.99. The molecular weight excluding hydrogens is 318 g/mol. The van der Waals surface area contributed by atoms with E-state index in [2.05, 4.69) is 15.3 Å². The first-order valence-electron chi connectivity index (χ1n) is 7.23. The molecule has 2 aromatic rings. The lowest BCUT2D eigenvalue weighted by atomic mass is 10.1. The summed E-state index contributed by atoms with van der Waals surface area (Å²) < 4.78 is 0. The monoisotopic (exact) mass is 331 g/mol. The number of rotatable bonds is 1. The highest BCUT2D eigenvalue weighted by molar-refractivity contribution is 6.29. The molecule has 2 bridgehead atoms. The molecular formula is C15H14ClN5O2. The molecule has 0 radical (unpaired) electrons. The van der Waals surface area contributed by atoms with Crippen LogP contribution in [-0.4, -0.2) is 39.9 Å². The maximum atomic E-state index is 12.7. The van der Waals surface area contributed by atoms with Gasteiger partial charge in [-0.2, -0.15) is 0 Å². The van der Waals surface area contributed by atoms with Gasteiger partial charge in [-0.05, 0) is 24.3 Å². The molecule has 0 saturated carbocycles. The van der Waals surface area contributed by atoms with Crippen LogP contribution < -0.4 is 15.1 Å². The molecule has 1 atom stereocenters. The minimum absolute atomic E-state index is 0.269. The van der Waals surface area contributed by atoms with E-state index in [4.69, 9.17) is 11.6 Å². The first-order valence-corrected chi connectivity index (χ1v) is 7.61. The minimum Gasteiger partial charge on any atom is -0.368 e. The Labute approximate surface area is 137 Å². The van der Waals surface area contributed by atoms with Crippen LogP contribution in [0, 0.1) is 0 Å². The highest BCUT2D eigenvalue weighted by Gasteiger charge is 2.51. The van der Waals surface area contributed by atoms with E-state index in [1.54, 1.807) is 30.5 Å². The summed E-state index contributed by atoms with van der Waals surface area (Å²) in [4.78, 5) is 24.4. The zero-order valence-electron chi connectivity index (χ0n) is 12.1. The molecule has 1 saturated heterocycles. The number of anilines is 3. The molecule has 2 N–H and O–H groups in total.